The van der Waals surface area contributed by atoms with Crippen molar-refractivity contribution in [3.8, 4) is 0 Å². The maximum atomic E-state index is 4.50. The summed E-state index contributed by atoms with van der Waals surface area (Å²) >= 11 is 0. The van der Waals surface area contributed by atoms with Gasteiger partial charge >= 0.3 is 0 Å². The number of nitrogens with one attached hydrogen (secondary N) is 1. The van der Waals surface area contributed by atoms with Crippen LogP contribution >= 0.6 is 0 Å². The molecule has 0 spiro atoms. The summed E-state index contributed by atoms with van der Waals surface area (Å²) in [5, 5.41) is 3.07. The van der Waals surface area contributed by atoms with Gasteiger partial charge in [-0.1, -0.05) is 0 Å². The van der Waals surface area contributed by atoms with Gasteiger partial charge in [0.25, 0.3) is 0 Å². The van der Waals surface area contributed by atoms with Gasteiger partial charge in [0.1, 0.15) is 17.5 Å². The second-order valence-electron chi connectivity index (χ2n) is 4.81. The van der Waals surface area contributed by atoms with Gasteiger partial charge < -0.3 is 9.88 Å². The normalized spacial score (nSPS) is 15.3. The van der Waals surface area contributed by atoms with E-state index in [1.165, 1.54) is 0 Å². The number of hydrogen-bond donors (Lipinski definition) is 1. The molecule has 0 radical (unpaired) electrons. The molecule has 3 heterocycles. The van der Waals surface area contributed by atoms with Crippen molar-refractivity contribution in [2.45, 2.75) is 26.6 Å². The van der Waals surface area contributed by atoms with Crippen molar-refractivity contribution in [3.63, 3.8) is 0 Å². The van der Waals surface area contributed by atoms with E-state index in [9.17, 15) is 0 Å². The number of rotatable bonds is 3. The second-order valence-corrected chi connectivity index (χ2v) is 4.81. The van der Waals surface area contributed by atoms with Crippen LogP contribution in [0.1, 0.15) is 17.3 Å². The molecule has 0 saturated carbocycles. The average Bonchev–Trinajstić information content (AvgIpc) is 2.85. The van der Waals surface area contributed by atoms with Crippen molar-refractivity contribution in [2.24, 2.45) is 0 Å². The van der Waals surface area contributed by atoms with Gasteiger partial charge in [-0.3, -0.25) is 4.90 Å². The highest BCUT2D eigenvalue weighted by Gasteiger charge is 2.17. The molecule has 0 aliphatic carbocycles. The van der Waals surface area contributed by atoms with Crippen LogP contribution in [0.2, 0.25) is 0 Å². The number of imidazole rings is 1. The van der Waals surface area contributed by atoms with Crippen LogP contribution in [0, 0.1) is 6.92 Å². The van der Waals surface area contributed by atoms with E-state index in [1.54, 1.807) is 0 Å². The SMILES string of the molecule is CNc1cc(C)nc(CN2CCn3ccnc3C2)n1. The minimum Gasteiger partial charge on any atom is -0.373 e. The molecule has 1 aliphatic rings. The fourth-order valence-corrected chi connectivity index (χ4v) is 2.39. The summed E-state index contributed by atoms with van der Waals surface area (Å²) in [6, 6.07) is 1.95. The Balaban J connectivity index is 1.74. The van der Waals surface area contributed by atoms with Crippen molar-refractivity contribution < 1.29 is 0 Å². The summed E-state index contributed by atoms with van der Waals surface area (Å²) < 4.78 is 2.20. The molecule has 6 nitrogen and oxygen atoms in total. The molecule has 0 saturated heterocycles. The summed E-state index contributed by atoms with van der Waals surface area (Å²) in [7, 11) is 1.88. The maximum Gasteiger partial charge on any atom is 0.144 e. The van der Waals surface area contributed by atoms with Gasteiger partial charge in [0, 0.05) is 44.3 Å². The highest BCUT2D eigenvalue weighted by molar-refractivity contribution is 5.34. The predicted molar refractivity (Wildman–Crippen MR) is 72.7 cm³/mol. The standard InChI is InChI=1S/C13H18N6/c1-10-7-11(14-2)17-12(16-10)8-18-5-6-19-4-3-15-13(19)9-18/h3-4,7H,5-6,8-9H2,1-2H3,(H,14,16,17). The van der Waals surface area contributed by atoms with E-state index in [-0.39, 0.29) is 0 Å². The molecule has 0 aromatic carbocycles. The van der Waals surface area contributed by atoms with Crippen LogP contribution in [-0.4, -0.2) is 38.0 Å². The molecule has 2 aromatic heterocycles. The number of fused-ring (bicyclic) bond motifs is 1. The number of nitrogens with zero attached hydrogens (tertiary/aromatic N) is 5. The Labute approximate surface area is 112 Å². The molecule has 19 heavy (non-hydrogen) atoms. The lowest BCUT2D eigenvalue weighted by Crippen LogP contribution is -2.33. The molecule has 0 unspecified atom stereocenters. The molecule has 2 aromatic rings. The van der Waals surface area contributed by atoms with Crippen LogP contribution in [0.5, 0.6) is 0 Å². The lowest BCUT2D eigenvalue weighted by molar-refractivity contribution is 0.204. The van der Waals surface area contributed by atoms with E-state index in [2.05, 4.69) is 29.7 Å². The fraction of sp³-hybridized carbons (Fsp3) is 0.462. The van der Waals surface area contributed by atoms with Crippen molar-refractivity contribution in [1.29, 1.82) is 0 Å². The third kappa shape index (κ3) is 2.58. The van der Waals surface area contributed by atoms with Crippen molar-refractivity contribution in [1.82, 2.24) is 24.4 Å². The smallest absolute Gasteiger partial charge is 0.144 e. The monoisotopic (exact) mass is 258 g/mol. The number of aromatic nitrogens is 4. The van der Waals surface area contributed by atoms with E-state index < -0.39 is 0 Å². The van der Waals surface area contributed by atoms with E-state index >= 15 is 0 Å². The first kappa shape index (κ1) is 12.1. The topological polar surface area (TPSA) is 58.9 Å². The number of hydrogen-bond acceptors (Lipinski definition) is 5. The Morgan fingerprint density at radius 1 is 1.32 bits per heavy atom. The van der Waals surface area contributed by atoms with E-state index in [0.717, 1.165) is 49.3 Å². The Morgan fingerprint density at radius 3 is 3.05 bits per heavy atom. The summed E-state index contributed by atoms with van der Waals surface area (Å²) in [5.41, 5.74) is 0.993. The zero-order valence-electron chi connectivity index (χ0n) is 11.3. The highest BCUT2D eigenvalue weighted by atomic mass is 15.2. The quantitative estimate of drug-likeness (QED) is 0.891. The average molecular weight is 258 g/mol. The highest BCUT2D eigenvalue weighted by Crippen LogP contribution is 2.13. The molecule has 0 bridgehead atoms. The van der Waals surface area contributed by atoms with Gasteiger partial charge in [-0.25, -0.2) is 15.0 Å². The largest absolute Gasteiger partial charge is 0.373 e. The molecular weight excluding hydrogens is 240 g/mol. The van der Waals surface area contributed by atoms with Crippen molar-refractivity contribution in [2.75, 3.05) is 18.9 Å². The molecule has 6 heteroatoms. The Bertz CT molecular complexity index is 576. The van der Waals surface area contributed by atoms with Crippen molar-refractivity contribution >= 4 is 5.82 Å². The van der Waals surface area contributed by atoms with Crippen LogP contribution in [0.3, 0.4) is 0 Å². The third-order valence-electron chi connectivity index (χ3n) is 3.35. The van der Waals surface area contributed by atoms with Crippen LogP contribution in [0.15, 0.2) is 18.5 Å². The second kappa shape index (κ2) is 4.97. The molecule has 0 atom stereocenters. The lowest BCUT2D eigenvalue weighted by atomic mass is 10.3. The van der Waals surface area contributed by atoms with Gasteiger partial charge in [0.2, 0.25) is 0 Å². The molecule has 3 rings (SSSR count). The van der Waals surface area contributed by atoms with Crippen LogP contribution in [0.25, 0.3) is 0 Å². The van der Waals surface area contributed by atoms with Gasteiger partial charge in [-0.05, 0) is 6.92 Å². The Morgan fingerprint density at radius 2 is 2.21 bits per heavy atom. The van der Waals surface area contributed by atoms with Gasteiger partial charge in [0.05, 0.1) is 13.1 Å². The fourth-order valence-electron chi connectivity index (χ4n) is 2.39. The van der Waals surface area contributed by atoms with Gasteiger partial charge in [-0.15, -0.1) is 0 Å². The molecular formula is C13H18N6. The van der Waals surface area contributed by atoms with Crippen LogP contribution in [-0.2, 0) is 19.6 Å². The van der Waals surface area contributed by atoms with Gasteiger partial charge in [-0.2, -0.15) is 0 Å². The molecule has 1 N–H and O–H groups in total. The van der Waals surface area contributed by atoms with Crippen LogP contribution < -0.4 is 5.32 Å². The summed E-state index contributed by atoms with van der Waals surface area (Å²) in [6.07, 6.45) is 3.90. The molecule has 1 aliphatic heterocycles. The Hall–Kier alpha value is -1.95. The predicted octanol–water partition coefficient (Wildman–Crippen LogP) is 1.04. The molecule has 100 valence electrons. The maximum absolute atomic E-state index is 4.50. The first-order chi connectivity index (χ1) is 9.24. The minimum absolute atomic E-state index is 0.767. The summed E-state index contributed by atoms with van der Waals surface area (Å²) in [6.45, 7) is 5.62. The lowest BCUT2D eigenvalue weighted by Gasteiger charge is -2.26. The van der Waals surface area contributed by atoms with Gasteiger partial charge in [0.15, 0.2) is 0 Å². The Kier molecular flexibility index (Phi) is 3.16. The molecule has 0 fully saturated rings. The minimum atomic E-state index is 0.767. The number of aryl methyl sites for hydroxylation is 1. The first-order valence-corrected chi connectivity index (χ1v) is 6.49. The van der Waals surface area contributed by atoms with Crippen molar-refractivity contribution in [3.05, 3.63) is 35.8 Å². The summed E-state index contributed by atoms with van der Waals surface area (Å²) in [4.78, 5) is 15.7. The summed E-state index contributed by atoms with van der Waals surface area (Å²) in [5.74, 6) is 2.86. The van der Waals surface area contributed by atoms with E-state index in [0.29, 0.717) is 0 Å². The zero-order valence-corrected chi connectivity index (χ0v) is 11.3. The van der Waals surface area contributed by atoms with Crippen LogP contribution in [0.4, 0.5) is 5.82 Å². The molecule has 0 amide bonds. The third-order valence-corrected chi connectivity index (χ3v) is 3.35. The zero-order chi connectivity index (χ0) is 13.2. The van der Waals surface area contributed by atoms with E-state index in [1.807, 2.05) is 32.4 Å². The van der Waals surface area contributed by atoms with E-state index in [4.69, 9.17) is 0 Å². The number of anilines is 1. The first-order valence-electron chi connectivity index (χ1n) is 6.49.